The Morgan fingerprint density at radius 2 is 1.72 bits per heavy atom. The minimum Gasteiger partial charge on any atom is -0.491 e. The number of H-pyrrole nitrogens is 2. The van der Waals surface area contributed by atoms with Gasteiger partial charge in [0.2, 0.25) is 0 Å². The molecule has 0 unspecified atom stereocenters. The predicted molar refractivity (Wildman–Crippen MR) is 147 cm³/mol. The van der Waals surface area contributed by atoms with Crippen molar-refractivity contribution in [3.05, 3.63) is 76.7 Å². The van der Waals surface area contributed by atoms with Gasteiger partial charge in [0.05, 0.1) is 18.9 Å². The number of unbranched alkanes of at least 4 members (excludes halogenated alkanes) is 7. The molecular formula is C30H41N3O3. The molecule has 0 spiro atoms. The van der Waals surface area contributed by atoms with Crippen molar-refractivity contribution < 1.29 is 14.3 Å². The standard InChI is InChI=1S/C30H41N3O3/c1-5-8-9-10-11-12-13-14-15-16-23-18-19-24(32-23)21-26-29(35-6-2)27(30(34)36-7-3)28(33-26)25-20-17-22(4)31-25/h5,17-21,31-32H,1,6-16H2,2-4H3. The number of esters is 1. The summed E-state index contributed by atoms with van der Waals surface area (Å²) >= 11 is 0. The highest BCUT2D eigenvalue weighted by molar-refractivity contribution is 6.29. The Balaban J connectivity index is 1.68. The van der Waals surface area contributed by atoms with Crippen LogP contribution in [0.4, 0.5) is 0 Å². The first-order valence-corrected chi connectivity index (χ1v) is 13.4. The fourth-order valence-corrected chi connectivity index (χ4v) is 4.41. The SMILES string of the molecule is C=CCCCCCCCCCc1ccc(C=C2N=C(c3ccc(C)[nH]3)C(C(=O)OCC)=C2OCC)[nH]1. The molecule has 36 heavy (non-hydrogen) atoms. The molecule has 0 aliphatic carbocycles. The van der Waals surface area contributed by atoms with Gasteiger partial charge in [0.25, 0.3) is 0 Å². The molecule has 0 atom stereocenters. The summed E-state index contributed by atoms with van der Waals surface area (Å²) in [6.45, 7) is 10.2. The van der Waals surface area contributed by atoms with E-state index in [-0.39, 0.29) is 6.61 Å². The number of hydrogen-bond acceptors (Lipinski definition) is 4. The van der Waals surface area contributed by atoms with Crippen molar-refractivity contribution in [3.63, 3.8) is 0 Å². The molecule has 0 radical (unpaired) electrons. The van der Waals surface area contributed by atoms with Crippen LogP contribution in [0.25, 0.3) is 6.08 Å². The summed E-state index contributed by atoms with van der Waals surface area (Å²) in [6.07, 6.45) is 15.0. The van der Waals surface area contributed by atoms with Crippen LogP contribution in [0.5, 0.6) is 0 Å². The second-order valence-electron chi connectivity index (χ2n) is 9.14. The molecule has 0 saturated carbocycles. The molecule has 0 aromatic carbocycles. The molecule has 0 bridgehead atoms. The van der Waals surface area contributed by atoms with E-state index in [9.17, 15) is 4.79 Å². The van der Waals surface area contributed by atoms with E-state index in [4.69, 9.17) is 14.5 Å². The van der Waals surface area contributed by atoms with Crippen molar-refractivity contribution in [3.8, 4) is 0 Å². The molecule has 6 nitrogen and oxygen atoms in total. The number of nitrogens with zero attached hydrogens (tertiary/aromatic N) is 1. The van der Waals surface area contributed by atoms with Gasteiger partial charge in [0.1, 0.15) is 17.0 Å². The lowest BCUT2D eigenvalue weighted by atomic mass is 10.1. The summed E-state index contributed by atoms with van der Waals surface area (Å²) in [5.41, 5.74) is 5.44. The Morgan fingerprint density at radius 1 is 0.972 bits per heavy atom. The van der Waals surface area contributed by atoms with E-state index in [2.05, 4.69) is 28.7 Å². The lowest BCUT2D eigenvalue weighted by molar-refractivity contribution is -0.138. The van der Waals surface area contributed by atoms with Gasteiger partial charge in [-0.2, -0.15) is 0 Å². The third kappa shape index (κ3) is 7.61. The number of aromatic nitrogens is 2. The predicted octanol–water partition coefficient (Wildman–Crippen LogP) is 7.20. The maximum Gasteiger partial charge on any atom is 0.344 e. The Morgan fingerprint density at radius 3 is 2.39 bits per heavy atom. The second-order valence-corrected chi connectivity index (χ2v) is 9.14. The normalized spacial score (nSPS) is 14.4. The largest absolute Gasteiger partial charge is 0.491 e. The highest BCUT2D eigenvalue weighted by atomic mass is 16.5. The monoisotopic (exact) mass is 491 g/mol. The molecule has 1 aliphatic heterocycles. The van der Waals surface area contributed by atoms with Gasteiger partial charge >= 0.3 is 5.97 Å². The van der Waals surface area contributed by atoms with Gasteiger partial charge in [-0.05, 0) is 76.8 Å². The molecule has 1 aliphatic rings. The van der Waals surface area contributed by atoms with Crippen LogP contribution in [0.1, 0.15) is 88.0 Å². The van der Waals surface area contributed by atoms with Crippen LogP contribution in [-0.2, 0) is 20.7 Å². The average molecular weight is 492 g/mol. The van der Waals surface area contributed by atoms with E-state index in [1.54, 1.807) is 6.92 Å². The average Bonchev–Trinajstić information content (AvgIpc) is 3.58. The maximum absolute atomic E-state index is 12.9. The minimum absolute atomic E-state index is 0.285. The molecule has 0 saturated heterocycles. The zero-order valence-corrected chi connectivity index (χ0v) is 22.1. The van der Waals surface area contributed by atoms with Crippen molar-refractivity contribution in [2.24, 2.45) is 4.99 Å². The Bertz CT molecular complexity index is 1100. The molecule has 2 aromatic rings. The third-order valence-corrected chi connectivity index (χ3v) is 6.20. The summed E-state index contributed by atoms with van der Waals surface area (Å²) in [4.78, 5) is 24.5. The first-order chi connectivity index (χ1) is 17.6. The van der Waals surface area contributed by atoms with Crippen LogP contribution < -0.4 is 0 Å². The lowest BCUT2D eigenvalue weighted by Gasteiger charge is -2.09. The summed E-state index contributed by atoms with van der Waals surface area (Å²) in [5.74, 6) is 0.0330. The highest BCUT2D eigenvalue weighted by Crippen LogP contribution is 2.32. The van der Waals surface area contributed by atoms with Crippen LogP contribution in [0.3, 0.4) is 0 Å². The number of allylic oxidation sites excluding steroid dienone is 1. The van der Waals surface area contributed by atoms with E-state index < -0.39 is 5.97 Å². The maximum atomic E-state index is 12.9. The summed E-state index contributed by atoms with van der Waals surface area (Å²) in [6, 6.07) is 8.07. The van der Waals surface area contributed by atoms with Gasteiger partial charge in [-0.25, -0.2) is 9.79 Å². The fourth-order valence-electron chi connectivity index (χ4n) is 4.41. The first-order valence-electron chi connectivity index (χ1n) is 13.4. The Kier molecular flexibility index (Phi) is 10.9. The van der Waals surface area contributed by atoms with Crippen LogP contribution >= 0.6 is 0 Å². The molecule has 6 heteroatoms. The zero-order chi connectivity index (χ0) is 25.8. The number of ether oxygens (including phenoxy) is 2. The third-order valence-electron chi connectivity index (χ3n) is 6.20. The van der Waals surface area contributed by atoms with Crippen molar-refractivity contribution in [2.45, 2.75) is 78.6 Å². The fraction of sp³-hybridized carbons (Fsp3) is 0.467. The second kappa shape index (κ2) is 14.3. The van der Waals surface area contributed by atoms with Gasteiger partial charge in [-0.1, -0.05) is 38.2 Å². The molecule has 0 fully saturated rings. The van der Waals surface area contributed by atoms with Gasteiger partial charge in [-0.3, -0.25) is 0 Å². The molecular weight excluding hydrogens is 450 g/mol. The number of aliphatic imine (C=N–C) groups is 1. The van der Waals surface area contributed by atoms with Crippen molar-refractivity contribution in [1.82, 2.24) is 9.97 Å². The summed E-state index contributed by atoms with van der Waals surface area (Å²) in [7, 11) is 0. The van der Waals surface area contributed by atoms with Crippen molar-refractivity contribution in [2.75, 3.05) is 13.2 Å². The molecule has 194 valence electrons. The van der Waals surface area contributed by atoms with E-state index >= 15 is 0 Å². The molecule has 0 amide bonds. The van der Waals surface area contributed by atoms with Crippen molar-refractivity contribution >= 4 is 17.8 Å². The van der Waals surface area contributed by atoms with Crippen LogP contribution in [0.15, 0.2) is 58.9 Å². The lowest BCUT2D eigenvalue weighted by Crippen LogP contribution is -2.17. The molecule has 2 N–H and O–H groups in total. The number of hydrogen-bond donors (Lipinski definition) is 2. The number of carbonyl (C=O) groups is 1. The number of rotatable bonds is 16. The Hall–Kier alpha value is -3.28. The smallest absolute Gasteiger partial charge is 0.344 e. The van der Waals surface area contributed by atoms with Crippen LogP contribution in [-0.4, -0.2) is 34.9 Å². The van der Waals surface area contributed by atoms with Crippen LogP contribution in [0.2, 0.25) is 0 Å². The molecule has 3 rings (SSSR count). The summed E-state index contributed by atoms with van der Waals surface area (Å²) < 4.78 is 11.3. The van der Waals surface area contributed by atoms with Gasteiger partial charge in [-0.15, -0.1) is 6.58 Å². The number of aromatic amines is 2. The van der Waals surface area contributed by atoms with Gasteiger partial charge in [0.15, 0.2) is 5.76 Å². The zero-order valence-electron chi connectivity index (χ0n) is 22.1. The van der Waals surface area contributed by atoms with Gasteiger partial charge < -0.3 is 19.4 Å². The topological polar surface area (TPSA) is 79.5 Å². The van der Waals surface area contributed by atoms with E-state index in [0.717, 1.165) is 29.9 Å². The van der Waals surface area contributed by atoms with Crippen LogP contribution in [0, 0.1) is 6.92 Å². The number of aryl methyl sites for hydroxylation is 2. The number of carbonyl (C=O) groups excluding carboxylic acids is 1. The van der Waals surface area contributed by atoms with Gasteiger partial charge in [0, 0.05) is 17.1 Å². The van der Waals surface area contributed by atoms with E-state index in [1.165, 1.54) is 50.6 Å². The summed E-state index contributed by atoms with van der Waals surface area (Å²) in [5, 5.41) is 0. The number of nitrogens with one attached hydrogen (secondary N) is 2. The molecule has 3 heterocycles. The van der Waals surface area contributed by atoms with E-state index in [0.29, 0.717) is 29.3 Å². The highest BCUT2D eigenvalue weighted by Gasteiger charge is 2.33. The van der Waals surface area contributed by atoms with E-state index in [1.807, 2.05) is 38.1 Å². The Labute approximate surface area is 215 Å². The van der Waals surface area contributed by atoms with Crippen molar-refractivity contribution in [1.29, 1.82) is 0 Å². The molecule has 2 aromatic heterocycles. The minimum atomic E-state index is -0.428. The quantitative estimate of drug-likeness (QED) is 0.148. The first kappa shape index (κ1) is 27.3.